The van der Waals surface area contributed by atoms with Crippen LogP contribution in [0, 0.1) is 11.3 Å². The van der Waals surface area contributed by atoms with E-state index in [0.29, 0.717) is 6.54 Å². The van der Waals surface area contributed by atoms with Crippen molar-refractivity contribution in [1.82, 2.24) is 5.32 Å². The van der Waals surface area contributed by atoms with Gasteiger partial charge in [0.1, 0.15) is 0 Å². The van der Waals surface area contributed by atoms with E-state index in [1.807, 2.05) is 0 Å². The standard InChI is InChI=1S/C16H29N3O2/c17-11-16(9-3-1-2-4-10-16)15(21)19-13-7-5-12(6-8-13)14(18)20/h12-13H,1-11,17H2,(H2,18,20)(H,19,21). The third kappa shape index (κ3) is 3.96. The Morgan fingerprint density at radius 2 is 1.57 bits per heavy atom. The van der Waals surface area contributed by atoms with Crippen LogP contribution in [0.1, 0.15) is 64.2 Å². The zero-order valence-electron chi connectivity index (χ0n) is 12.9. The van der Waals surface area contributed by atoms with E-state index in [-0.39, 0.29) is 29.2 Å². The summed E-state index contributed by atoms with van der Waals surface area (Å²) in [6, 6.07) is 0.180. The summed E-state index contributed by atoms with van der Waals surface area (Å²) in [7, 11) is 0. The maximum atomic E-state index is 12.7. The lowest BCUT2D eigenvalue weighted by Gasteiger charge is -2.34. The second kappa shape index (κ2) is 7.25. The minimum absolute atomic E-state index is 0.0144. The predicted molar refractivity (Wildman–Crippen MR) is 82.3 cm³/mol. The quantitative estimate of drug-likeness (QED) is 0.684. The van der Waals surface area contributed by atoms with Crippen LogP contribution >= 0.6 is 0 Å². The molecule has 0 aliphatic heterocycles. The van der Waals surface area contributed by atoms with Gasteiger partial charge in [0.05, 0.1) is 5.41 Å². The maximum Gasteiger partial charge on any atom is 0.227 e. The number of rotatable bonds is 4. The molecule has 21 heavy (non-hydrogen) atoms. The molecule has 0 aromatic carbocycles. The van der Waals surface area contributed by atoms with Crippen molar-refractivity contribution in [2.24, 2.45) is 22.8 Å². The average molecular weight is 295 g/mol. The molecular formula is C16H29N3O2. The SMILES string of the molecule is NCC1(C(=O)NC2CCC(C(N)=O)CC2)CCCCCC1. The van der Waals surface area contributed by atoms with Crippen LogP contribution in [0.25, 0.3) is 0 Å². The minimum atomic E-state index is -0.364. The minimum Gasteiger partial charge on any atom is -0.369 e. The molecule has 2 aliphatic rings. The summed E-state index contributed by atoms with van der Waals surface area (Å²) in [6.45, 7) is 0.440. The summed E-state index contributed by atoms with van der Waals surface area (Å²) >= 11 is 0. The Balaban J connectivity index is 1.89. The van der Waals surface area contributed by atoms with Gasteiger partial charge in [-0.25, -0.2) is 0 Å². The summed E-state index contributed by atoms with van der Waals surface area (Å²) in [6.07, 6.45) is 9.69. The van der Waals surface area contributed by atoms with Crippen molar-refractivity contribution in [3.8, 4) is 0 Å². The van der Waals surface area contributed by atoms with Crippen molar-refractivity contribution in [1.29, 1.82) is 0 Å². The van der Waals surface area contributed by atoms with Gasteiger partial charge in [-0.1, -0.05) is 25.7 Å². The topological polar surface area (TPSA) is 98.2 Å². The van der Waals surface area contributed by atoms with E-state index >= 15 is 0 Å². The second-order valence-electron chi connectivity index (χ2n) is 6.82. The molecule has 5 N–H and O–H groups in total. The molecule has 2 fully saturated rings. The van der Waals surface area contributed by atoms with Crippen LogP contribution in [0.5, 0.6) is 0 Å². The van der Waals surface area contributed by atoms with Crippen molar-refractivity contribution < 1.29 is 9.59 Å². The molecule has 0 unspecified atom stereocenters. The van der Waals surface area contributed by atoms with Crippen LogP contribution < -0.4 is 16.8 Å². The third-order valence-corrected chi connectivity index (χ3v) is 5.40. The second-order valence-corrected chi connectivity index (χ2v) is 6.82. The molecular weight excluding hydrogens is 266 g/mol. The van der Waals surface area contributed by atoms with Gasteiger partial charge in [0.25, 0.3) is 0 Å². The van der Waals surface area contributed by atoms with Crippen LogP contribution in [-0.4, -0.2) is 24.4 Å². The summed E-state index contributed by atoms with van der Waals surface area (Å²) in [5.74, 6) is -0.0871. The van der Waals surface area contributed by atoms with Gasteiger partial charge in [-0.2, -0.15) is 0 Å². The lowest BCUT2D eigenvalue weighted by molar-refractivity contribution is -0.132. The molecule has 0 saturated heterocycles. The van der Waals surface area contributed by atoms with Crippen LogP contribution in [0.15, 0.2) is 0 Å². The Bertz CT molecular complexity index is 368. The highest BCUT2D eigenvalue weighted by atomic mass is 16.2. The Morgan fingerprint density at radius 1 is 1.00 bits per heavy atom. The molecule has 0 atom stereocenters. The highest BCUT2D eigenvalue weighted by Gasteiger charge is 2.38. The Labute approximate surface area is 127 Å². The van der Waals surface area contributed by atoms with E-state index in [1.165, 1.54) is 12.8 Å². The number of hydrogen-bond donors (Lipinski definition) is 3. The van der Waals surface area contributed by atoms with Gasteiger partial charge in [-0.3, -0.25) is 9.59 Å². The summed E-state index contributed by atoms with van der Waals surface area (Å²) < 4.78 is 0. The molecule has 0 spiro atoms. The summed E-state index contributed by atoms with van der Waals surface area (Å²) in [5, 5.41) is 3.20. The lowest BCUT2D eigenvalue weighted by atomic mass is 9.78. The molecule has 2 rings (SSSR count). The molecule has 0 aromatic rings. The Morgan fingerprint density at radius 3 is 2.05 bits per heavy atom. The largest absolute Gasteiger partial charge is 0.369 e. The van der Waals surface area contributed by atoms with E-state index in [2.05, 4.69) is 5.32 Å². The fourth-order valence-corrected chi connectivity index (χ4v) is 3.79. The molecule has 0 bridgehead atoms. The lowest BCUT2D eigenvalue weighted by Crippen LogP contribution is -2.50. The van der Waals surface area contributed by atoms with E-state index in [9.17, 15) is 9.59 Å². The molecule has 2 amide bonds. The molecule has 120 valence electrons. The molecule has 0 aromatic heterocycles. The Kier molecular flexibility index (Phi) is 5.62. The van der Waals surface area contributed by atoms with Crippen molar-refractivity contribution in [3.05, 3.63) is 0 Å². The first-order chi connectivity index (χ1) is 10.1. The van der Waals surface area contributed by atoms with Gasteiger partial charge in [0.2, 0.25) is 11.8 Å². The normalized spacial score (nSPS) is 29.4. The number of primary amides is 1. The van der Waals surface area contributed by atoms with Crippen molar-refractivity contribution in [2.75, 3.05) is 6.54 Å². The summed E-state index contributed by atoms with van der Waals surface area (Å²) in [5.41, 5.74) is 10.9. The first-order valence-corrected chi connectivity index (χ1v) is 8.38. The maximum absolute atomic E-state index is 12.7. The molecule has 2 saturated carbocycles. The van der Waals surface area contributed by atoms with E-state index in [0.717, 1.165) is 51.4 Å². The van der Waals surface area contributed by atoms with Crippen LogP contribution in [0.2, 0.25) is 0 Å². The predicted octanol–water partition coefficient (Wildman–Crippen LogP) is 1.45. The van der Waals surface area contributed by atoms with E-state index < -0.39 is 0 Å². The average Bonchev–Trinajstić information content (AvgIpc) is 2.74. The molecule has 0 heterocycles. The van der Waals surface area contributed by atoms with E-state index in [4.69, 9.17) is 11.5 Å². The van der Waals surface area contributed by atoms with Gasteiger partial charge in [0.15, 0.2) is 0 Å². The molecule has 5 heteroatoms. The zero-order chi connectivity index (χ0) is 15.3. The number of nitrogens with two attached hydrogens (primary N) is 2. The number of amides is 2. The van der Waals surface area contributed by atoms with E-state index in [1.54, 1.807) is 0 Å². The first-order valence-electron chi connectivity index (χ1n) is 8.38. The Hall–Kier alpha value is -1.10. The number of nitrogens with one attached hydrogen (secondary N) is 1. The van der Waals surface area contributed by atoms with Crippen LogP contribution in [0.4, 0.5) is 0 Å². The third-order valence-electron chi connectivity index (χ3n) is 5.40. The summed E-state index contributed by atoms with van der Waals surface area (Å²) in [4.78, 5) is 23.9. The number of carbonyl (C=O) groups is 2. The van der Waals surface area contributed by atoms with Crippen molar-refractivity contribution >= 4 is 11.8 Å². The van der Waals surface area contributed by atoms with Gasteiger partial charge in [-0.15, -0.1) is 0 Å². The molecule has 0 radical (unpaired) electrons. The number of hydrogen-bond acceptors (Lipinski definition) is 3. The highest BCUT2D eigenvalue weighted by Crippen LogP contribution is 2.35. The fourth-order valence-electron chi connectivity index (χ4n) is 3.79. The monoisotopic (exact) mass is 295 g/mol. The van der Waals surface area contributed by atoms with Gasteiger partial charge in [-0.05, 0) is 38.5 Å². The zero-order valence-corrected chi connectivity index (χ0v) is 12.9. The van der Waals surface area contributed by atoms with Crippen LogP contribution in [0.3, 0.4) is 0 Å². The van der Waals surface area contributed by atoms with Crippen molar-refractivity contribution in [2.45, 2.75) is 70.3 Å². The molecule has 2 aliphatic carbocycles. The fraction of sp³-hybridized carbons (Fsp3) is 0.875. The first kappa shape index (κ1) is 16.3. The highest BCUT2D eigenvalue weighted by molar-refractivity contribution is 5.83. The van der Waals surface area contributed by atoms with Gasteiger partial charge < -0.3 is 16.8 Å². The van der Waals surface area contributed by atoms with Gasteiger partial charge >= 0.3 is 0 Å². The van der Waals surface area contributed by atoms with Gasteiger partial charge in [0, 0.05) is 18.5 Å². The van der Waals surface area contributed by atoms with Crippen LogP contribution in [-0.2, 0) is 9.59 Å². The molecule has 5 nitrogen and oxygen atoms in total. The van der Waals surface area contributed by atoms with Crippen molar-refractivity contribution in [3.63, 3.8) is 0 Å². The smallest absolute Gasteiger partial charge is 0.227 e. The number of carbonyl (C=O) groups excluding carboxylic acids is 2.